The first-order valence-corrected chi connectivity index (χ1v) is 6.13. The quantitative estimate of drug-likeness (QED) is 0.504. The van der Waals surface area contributed by atoms with Crippen molar-refractivity contribution >= 4 is 39.8 Å². The Kier molecular flexibility index (Phi) is 2.80. The van der Waals surface area contributed by atoms with E-state index in [9.17, 15) is 0 Å². The minimum atomic E-state index is 0.881. The SMILES string of the molecule is C=Cc1c(N=CC)c2cccnc2c2cccnc12. The number of hydrogen-bond acceptors (Lipinski definition) is 3. The van der Waals surface area contributed by atoms with E-state index in [1.54, 1.807) is 18.6 Å². The zero-order valence-electron chi connectivity index (χ0n) is 10.7. The van der Waals surface area contributed by atoms with Gasteiger partial charge in [0.1, 0.15) is 0 Å². The normalized spacial score (nSPS) is 11.4. The minimum absolute atomic E-state index is 0.881. The van der Waals surface area contributed by atoms with Crippen LogP contribution >= 0.6 is 0 Å². The second-order valence-corrected chi connectivity index (χ2v) is 4.15. The Morgan fingerprint density at radius 3 is 2.42 bits per heavy atom. The molecule has 0 amide bonds. The molecular formula is C16H13N3. The first-order chi connectivity index (χ1) is 9.36. The predicted octanol–water partition coefficient (Wildman–Crippen LogP) is 4.15. The topological polar surface area (TPSA) is 38.1 Å². The van der Waals surface area contributed by atoms with Crippen molar-refractivity contribution in [1.82, 2.24) is 9.97 Å². The van der Waals surface area contributed by atoms with Gasteiger partial charge >= 0.3 is 0 Å². The van der Waals surface area contributed by atoms with Gasteiger partial charge < -0.3 is 0 Å². The zero-order valence-corrected chi connectivity index (χ0v) is 10.7. The van der Waals surface area contributed by atoms with E-state index >= 15 is 0 Å². The van der Waals surface area contributed by atoms with Gasteiger partial charge in [-0.2, -0.15) is 0 Å². The van der Waals surface area contributed by atoms with Crippen LogP contribution in [0.15, 0.2) is 48.2 Å². The molecule has 2 heterocycles. The van der Waals surface area contributed by atoms with E-state index in [2.05, 4.69) is 21.5 Å². The fourth-order valence-corrected chi connectivity index (χ4v) is 2.34. The number of nitrogens with zero attached hydrogens (tertiary/aromatic N) is 3. The largest absolute Gasteiger partial charge is 0.260 e. The zero-order chi connectivity index (χ0) is 13.2. The highest BCUT2D eigenvalue weighted by Gasteiger charge is 2.12. The van der Waals surface area contributed by atoms with Gasteiger partial charge in [-0.3, -0.25) is 15.0 Å². The Morgan fingerprint density at radius 1 is 1.05 bits per heavy atom. The summed E-state index contributed by atoms with van der Waals surface area (Å²) in [6.07, 6.45) is 7.17. The van der Waals surface area contributed by atoms with E-state index in [4.69, 9.17) is 0 Å². The summed E-state index contributed by atoms with van der Waals surface area (Å²) in [6.45, 7) is 5.80. The first-order valence-electron chi connectivity index (χ1n) is 6.13. The Hall–Kier alpha value is -2.55. The fraction of sp³-hybridized carbons (Fsp3) is 0.0625. The van der Waals surface area contributed by atoms with Crippen LogP contribution in [0.25, 0.3) is 27.9 Å². The average molecular weight is 247 g/mol. The molecule has 3 aromatic rings. The van der Waals surface area contributed by atoms with Crippen molar-refractivity contribution in [1.29, 1.82) is 0 Å². The van der Waals surface area contributed by atoms with Crippen molar-refractivity contribution in [3.05, 3.63) is 48.8 Å². The molecule has 0 saturated carbocycles. The lowest BCUT2D eigenvalue weighted by atomic mass is 10.0. The van der Waals surface area contributed by atoms with Gasteiger partial charge in [0.25, 0.3) is 0 Å². The third-order valence-corrected chi connectivity index (χ3v) is 3.10. The number of rotatable bonds is 2. The lowest BCUT2D eigenvalue weighted by Gasteiger charge is -2.10. The smallest absolute Gasteiger partial charge is 0.0818 e. The van der Waals surface area contributed by atoms with Crippen LogP contribution in [0.3, 0.4) is 0 Å². The number of hydrogen-bond donors (Lipinski definition) is 0. The summed E-state index contributed by atoms with van der Waals surface area (Å²) in [5.41, 5.74) is 3.65. The van der Waals surface area contributed by atoms with E-state index in [1.165, 1.54) is 0 Å². The third-order valence-electron chi connectivity index (χ3n) is 3.10. The Labute approximate surface area is 111 Å². The van der Waals surface area contributed by atoms with Gasteiger partial charge in [0.2, 0.25) is 0 Å². The maximum Gasteiger partial charge on any atom is 0.0818 e. The summed E-state index contributed by atoms with van der Waals surface area (Å²) in [5, 5.41) is 2.05. The predicted molar refractivity (Wildman–Crippen MR) is 81.0 cm³/mol. The molecule has 2 aromatic heterocycles. The average Bonchev–Trinajstić information content (AvgIpc) is 2.48. The second-order valence-electron chi connectivity index (χ2n) is 4.15. The molecule has 3 rings (SSSR count). The number of aliphatic imine (C=N–C) groups is 1. The second kappa shape index (κ2) is 4.61. The number of fused-ring (bicyclic) bond motifs is 3. The van der Waals surface area contributed by atoms with Crippen molar-refractivity contribution in [2.75, 3.05) is 0 Å². The molecule has 0 N–H and O–H groups in total. The highest BCUT2D eigenvalue weighted by molar-refractivity contribution is 6.13. The molecule has 3 nitrogen and oxygen atoms in total. The van der Waals surface area contributed by atoms with Gasteiger partial charge in [-0.05, 0) is 31.2 Å². The minimum Gasteiger partial charge on any atom is -0.260 e. The molecule has 0 aliphatic heterocycles. The van der Waals surface area contributed by atoms with E-state index < -0.39 is 0 Å². The molecule has 0 bridgehead atoms. The highest BCUT2D eigenvalue weighted by Crippen LogP contribution is 2.36. The summed E-state index contributed by atoms with van der Waals surface area (Å²) < 4.78 is 0. The summed E-state index contributed by atoms with van der Waals surface area (Å²) in [4.78, 5) is 13.4. The maximum absolute atomic E-state index is 4.48. The summed E-state index contributed by atoms with van der Waals surface area (Å²) in [6, 6.07) is 7.91. The molecule has 0 atom stereocenters. The summed E-state index contributed by atoms with van der Waals surface area (Å²) >= 11 is 0. The molecule has 19 heavy (non-hydrogen) atoms. The van der Waals surface area contributed by atoms with Crippen LogP contribution in [0.2, 0.25) is 0 Å². The lowest BCUT2D eigenvalue weighted by molar-refractivity contribution is 1.38. The third kappa shape index (κ3) is 1.71. The van der Waals surface area contributed by atoms with Crippen LogP contribution in [-0.2, 0) is 0 Å². The number of pyridine rings is 2. The van der Waals surface area contributed by atoms with Gasteiger partial charge in [0.05, 0.1) is 16.7 Å². The van der Waals surface area contributed by atoms with Crippen LogP contribution in [0.5, 0.6) is 0 Å². The van der Waals surface area contributed by atoms with Gasteiger partial charge in [0, 0.05) is 34.9 Å². The maximum atomic E-state index is 4.48. The van der Waals surface area contributed by atoms with E-state index in [0.29, 0.717) is 0 Å². The molecule has 3 heteroatoms. The van der Waals surface area contributed by atoms with Gasteiger partial charge in [0.15, 0.2) is 0 Å². The number of benzene rings is 1. The standard InChI is InChI=1S/C16H13N3/c1-3-11-14(17-4-2)12-7-5-10-19-16(12)13-8-6-9-18-15(11)13/h3-10H,1H2,2H3. The Bertz CT molecular complexity index is 804. The van der Waals surface area contributed by atoms with Crippen molar-refractivity contribution in [2.45, 2.75) is 6.92 Å². The Morgan fingerprint density at radius 2 is 1.74 bits per heavy atom. The van der Waals surface area contributed by atoms with Crippen molar-refractivity contribution in [3.8, 4) is 0 Å². The molecule has 0 aliphatic rings. The van der Waals surface area contributed by atoms with Crippen LogP contribution < -0.4 is 0 Å². The van der Waals surface area contributed by atoms with Crippen molar-refractivity contribution < 1.29 is 0 Å². The first kappa shape index (κ1) is 11.5. The summed E-state index contributed by atoms with van der Waals surface area (Å²) in [7, 11) is 0. The van der Waals surface area contributed by atoms with E-state index in [-0.39, 0.29) is 0 Å². The highest BCUT2D eigenvalue weighted by atomic mass is 14.8. The van der Waals surface area contributed by atoms with Crippen LogP contribution in [0.4, 0.5) is 5.69 Å². The van der Waals surface area contributed by atoms with Crippen LogP contribution in [0.1, 0.15) is 12.5 Å². The molecule has 0 saturated heterocycles. The van der Waals surface area contributed by atoms with E-state index in [1.807, 2.05) is 37.3 Å². The van der Waals surface area contributed by atoms with Crippen LogP contribution in [0, 0.1) is 0 Å². The van der Waals surface area contributed by atoms with Gasteiger partial charge in [-0.1, -0.05) is 12.7 Å². The molecule has 0 spiro atoms. The van der Waals surface area contributed by atoms with Crippen LogP contribution in [-0.4, -0.2) is 16.2 Å². The molecule has 92 valence electrons. The molecule has 1 aromatic carbocycles. The van der Waals surface area contributed by atoms with Gasteiger partial charge in [-0.25, -0.2) is 0 Å². The molecule has 0 radical (unpaired) electrons. The molecular weight excluding hydrogens is 234 g/mol. The summed E-state index contributed by atoms with van der Waals surface area (Å²) in [5.74, 6) is 0. The van der Waals surface area contributed by atoms with Gasteiger partial charge in [-0.15, -0.1) is 0 Å². The van der Waals surface area contributed by atoms with Crippen molar-refractivity contribution in [3.63, 3.8) is 0 Å². The molecule has 0 aliphatic carbocycles. The molecule has 0 fully saturated rings. The fourth-order valence-electron chi connectivity index (χ4n) is 2.34. The lowest BCUT2D eigenvalue weighted by Crippen LogP contribution is -1.89. The number of aromatic nitrogens is 2. The Balaban J connectivity index is 2.64. The monoisotopic (exact) mass is 247 g/mol. The molecule has 0 unspecified atom stereocenters. The van der Waals surface area contributed by atoms with E-state index in [0.717, 1.165) is 33.1 Å². The van der Waals surface area contributed by atoms with Crippen molar-refractivity contribution in [2.24, 2.45) is 4.99 Å².